The highest BCUT2D eigenvalue weighted by Crippen LogP contribution is 2.02. The van der Waals surface area contributed by atoms with E-state index < -0.39 is 0 Å². The first-order valence-corrected chi connectivity index (χ1v) is 6.51. The molecule has 0 saturated carbocycles. The maximum Gasteiger partial charge on any atom is 0.0762 e. The van der Waals surface area contributed by atoms with Crippen LogP contribution in [0.15, 0.2) is 42.6 Å². The molecule has 0 bridgehead atoms. The molecule has 18 heavy (non-hydrogen) atoms. The van der Waals surface area contributed by atoms with Crippen molar-refractivity contribution in [3.63, 3.8) is 0 Å². The lowest BCUT2D eigenvalue weighted by Gasteiger charge is -2.04. The summed E-state index contributed by atoms with van der Waals surface area (Å²) in [5, 5.41) is 7.94. The number of hydrogen-bond acceptors (Lipinski definition) is 2. The van der Waals surface area contributed by atoms with Gasteiger partial charge in [0.2, 0.25) is 0 Å². The van der Waals surface area contributed by atoms with Gasteiger partial charge in [-0.25, -0.2) is 0 Å². The lowest BCUT2D eigenvalue weighted by atomic mass is 10.2. The first-order chi connectivity index (χ1) is 8.74. The molecule has 0 spiro atoms. The molecule has 0 unspecified atom stereocenters. The zero-order chi connectivity index (χ0) is 12.8. The zero-order valence-electron chi connectivity index (χ0n) is 11.1. The molecule has 2 rings (SSSR count). The first kappa shape index (κ1) is 12.8. The molecular formula is C15H21N3. The second-order valence-corrected chi connectivity index (χ2v) is 5.01. The van der Waals surface area contributed by atoms with E-state index in [4.69, 9.17) is 0 Å². The van der Waals surface area contributed by atoms with E-state index in [2.05, 4.69) is 60.8 Å². The summed E-state index contributed by atoms with van der Waals surface area (Å²) >= 11 is 0. The monoisotopic (exact) mass is 243 g/mol. The molecule has 2 aromatic rings. The largest absolute Gasteiger partial charge is 0.307 e. The molecule has 1 heterocycles. The predicted molar refractivity (Wildman–Crippen MR) is 74.1 cm³/mol. The van der Waals surface area contributed by atoms with Crippen molar-refractivity contribution in [2.75, 3.05) is 0 Å². The average Bonchev–Trinajstić information content (AvgIpc) is 2.77. The van der Waals surface area contributed by atoms with Crippen LogP contribution in [-0.2, 0) is 19.6 Å². The van der Waals surface area contributed by atoms with Crippen molar-refractivity contribution in [2.45, 2.75) is 33.5 Å². The second-order valence-electron chi connectivity index (χ2n) is 5.01. The van der Waals surface area contributed by atoms with E-state index >= 15 is 0 Å². The van der Waals surface area contributed by atoms with Crippen LogP contribution in [0.2, 0.25) is 0 Å². The minimum absolute atomic E-state index is 0.634. The van der Waals surface area contributed by atoms with Gasteiger partial charge in [-0.2, -0.15) is 5.10 Å². The summed E-state index contributed by atoms with van der Waals surface area (Å²) in [7, 11) is 0. The Labute approximate surface area is 109 Å². The van der Waals surface area contributed by atoms with Gasteiger partial charge in [0.1, 0.15) is 0 Å². The SMILES string of the molecule is CC(C)Cn1ccc(CNCc2ccccc2)n1. The summed E-state index contributed by atoms with van der Waals surface area (Å²) in [4.78, 5) is 0. The molecule has 96 valence electrons. The second kappa shape index (κ2) is 6.36. The Morgan fingerprint density at radius 1 is 1.11 bits per heavy atom. The molecule has 0 fully saturated rings. The third-order valence-corrected chi connectivity index (χ3v) is 2.73. The molecule has 0 saturated heterocycles. The minimum atomic E-state index is 0.634. The van der Waals surface area contributed by atoms with Crippen LogP contribution in [0, 0.1) is 5.92 Å². The lowest BCUT2D eigenvalue weighted by molar-refractivity contribution is 0.477. The summed E-state index contributed by atoms with van der Waals surface area (Å²) < 4.78 is 2.02. The Morgan fingerprint density at radius 3 is 2.61 bits per heavy atom. The summed E-state index contributed by atoms with van der Waals surface area (Å²) in [5.74, 6) is 0.634. The van der Waals surface area contributed by atoms with E-state index in [0.717, 1.165) is 25.3 Å². The van der Waals surface area contributed by atoms with E-state index in [1.807, 2.05) is 10.7 Å². The van der Waals surface area contributed by atoms with E-state index in [1.54, 1.807) is 0 Å². The van der Waals surface area contributed by atoms with Crippen molar-refractivity contribution in [3.05, 3.63) is 53.9 Å². The highest BCUT2D eigenvalue weighted by Gasteiger charge is 2.00. The molecule has 3 heteroatoms. The van der Waals surface area contributed by atoms with Crippen molar-refractivity contribution in [1.82, 2.24) is 15.1 Å². The van der Waals surface area contributed by atoms with Crippen LogP contribution in [0.3, 0.4) is 0 Å². The Kier molecular flexibility index (Phi) is 4.53. The van der Waals surface area contributed by atoms with Gasteiger partial charge < -0.3 is 5.32 Å². The highest BCUT2D eigenvalue weighted by molar-refractivity contribution is 5.14. The highest BCUT2D eigenvalue weighted by atomic mass is 15.3. The lowest BCUT2D eigenvalue weighted by Crippen LogP contribution is -2.13. The molecule has 0 aliphatic rings. The molecule has 3 nitrogen and oxygen atoms in total. The van der Waals surface area contributed by atoms with Crippen molar-refractivity contribution >= 4 is 0 Å². The Hall–Kier alpha value is -1.61. The maximum absolute atomic E-state index is 4.54. The van der Waals surface area contributed by atoms with Crippen LogP contribution in [-0.4, -0.2) is 9.78 Å². The topological polar surface area (TPSA) is 29.9 Å². The first-order valence-electron chi connectivity index (χ1n) is 6.51. The molecular weight excluding hydrogens is 222 g/mol. The van der Waals surface area contributed by atoms with Crippen LogP contribution in [0.5, 0.6) is 0 Å². The molecule has 1 aromatic carbocycles. The Bertz CT molecular complexity index is 460. The van der Waals surface area contributed by atoms with Gasteiger partial charge in [0.25, 0.3) is 0 Å². The third-order valence-electron chi connectivity index (χ3n) is 2.73. The van der Waals surface area contributed by atoms with Gasteiger partial charge >= 0.3 is 0 Å². The fourth-order valence-corrected chi connectivity index (χ4v) is 1.90. The van der Waals surface area contributed by atoms with Crippen LogP contribution in [0.25, 0.3) is 0 Å². The van der Waals surface area contributed by atoms with E-state index in [1.165, 1.54) is 5.56 Å². The standard InChI is InChI=1S/C15H21N3/c1-13(2)12-18-9-8-15(17-18)11-16-10-14-6-4-3-5-7-14/h3-9,13,16H,10-12H2,1-2H3. The summed E-state index contributed by atoms with van der Waals surface area (Å²) in [6.07, 6.45) is 2.06. The number of aromatic nitrogens is 2. The van der Waals surface area contributed by atoms with Crippen molar-refractivity contribution in [3.8, 4) is 0 Å². The van der Waals surface area contributed by atoms with Gasteiger partial charge in [-0.3, -0.25) is 4.68 Å². The van der Waals surface area contributed by atoms with Gasteiger partial charge in [-0.15, -0.1) is 0 Å². The molecule has 0 radical (unpaired) electrons. The smallest absolute Gasteiger partial charge is 0.0762 e. The zero-order valence-corrected chi connectivity index (χ0v) is 11.1. The summed E-state index contributed by atoms with van der Waals surface area (Å²) in [6.45, 7) is 7.10. The van der Waals surface area contributed by atoms with Gasteiger partial charge in [0.15, 0.2) is 0 Å². The molecule has 0 amide bonds. The third kappa shape index (κ3) is 4.00. The summed E-state index contributed by atoms with van der Waals surface area (Å²) in [6, 6.07) is 12.5. The van der Waals surface area contributed by atoms with Crippen LogP contribution < -0.4 is 5.32 Å². The van der Waals surface area contributed by atoms with Crippen LogP contribution >= 0.6 is 0 Å². The van der Waals surface area contributed by atoms with Crippen molar-refractivity contribution in [2.24, 2.45) is 5.92 Å². The van der Waals surface area contributed by atoms with Crippen molar-refractivity contribution < 1.29 is 0 Å². The molecule has 1 aromatic heterocycles. The Balaban J connectivity index is 1.78. The predicted octanol–water partition coefficient (Wildman–Crippen LogP) is 2.83. The van der Waals surface area contributed by atoms with Gasteiger partial charge in [0, 0.05) is 25.8 Å². The van der Waals surface area contributed by atoms with E-state index in [9.17, 15) is 0 Å². The van der Waals surface area contributed by atoms with Gasteiger partial charge in [-0.1, -0.05) is 44.2 Å². The van der Waals surface area contributed by atoms with Gasteiger partial charge in [-0.05, 0) is 17.5 Å². The number of hydrogen-bond donors (Lipinski definition) is 1. The summed E-state index contributed by atoms with van der Waals surface area (Å²) in [5.41, 5.74) is 2.41. The average molecular weight is 243 g/mol. The fraction of sp³-hybridized carbons (Fsp3) is 0.400. The molecule has 1 N–H and O–H groups in total. The quantitative estimate of drug-likeness (QED) is 0.845. The number of rotatable bonds is 6. The number of benzene rings is 1. The van der Waals surface area contributed by atoms with E-state index in [0.29, 0.717) is 5.92 Å². The number of nitrogens with zero attached hydrogens (tertiary/aromatic N) is 2. The molecule has 0 atom stereocenters. The molecule has 0 aliphatic carbocycles. The van der Waals surface area contributed by atoms with Gasteiger partial charge in [0.05, 0.1) is 5.69 Å². The normalized spacial score (nSPS) is 11.1. The minimum Gasteiger partial charge on any atom is -0.307 e. The molecule has 0 aliphatic heterocycles. The fourth-order valence-electron chi connectivity index (χ4n) is 1.90. The van der Waals surface area contributed by atoms with E-state index in [-0.39, 0.29) is 0 Å². The maximum atomic E-state index is 4.54. The Morgan fingerprint density at radius 2 is 1.89 bits per heavy atom. The van der Waals surface area contributed by atoms with Crippen molar-refractivity contribution in [1.29, 1.82) is 0 Å². The van der Waals surface area contributed by atoms with Crippen LogP contribution in [0.4, 0.5) is 0 Å². The number of nitrogens with one attached hydrogen (secondary N) is 1. The van der Waals surface area contributed by atoms with Crippen LogP contribution in [0.1, 0.15) is 25.1 Å².